The van der Waals surface area contributed by atoms with Crippen molar-refractivity contribution in [1.29, 1.82) is 0 Å². The maximum atomic E-state index is 13.1. The van der Waals surface area contributed by atoms with Gasteiger partial charge in [-0.25, -0.2) is 0 Å². The van der Waals surface area contributed by atoms with E-state index in [1.54, 1.807) is 24.1 Å². The molecular formula is C21H23N3O3. The Morgan fingerprint density at radius 2 is 1.93 bits per heavy atom. The summed E-state index contributed by atoms with van der Waals surface area (Å²) in [7, 11) is 1.57. The van der Waals surface area contributed by atoms with Crippen molar-refractivity contribution < 1.29 is 14.3 Å². The van der Waals surface area contributed by atoms with Crippen LogP contribution in [0, 0.1) is 0 Å². The molecule has 0 saturated heterocycles. The number of hydrogen-bond acceptors (Lipinski definition) is 4. The molecule has 2 aromatic rings. The molecule has 27 heavy (non-hydrogen) atoms. The fourth-order valence-corrected chi connectivity index (χ4v) is 3.09. The molecule has 2 amide bonds. The van der Waals surface area contributed by atoms with Crippen molar-refractivity contribution >= 4 is 23.2 Å². The van der Waals surface area contributed by atoms with Crippen molar-refractivity contribution in [2.75, 3.05) is 36.5 Å². The van der Waals surface area contributed by atoms with Crippen LogP contribution in [0.3, 0.4) is 0 Å². The van der Waals surface area contributed by atoms with Gasteiger partial charge in [0.2, 0.25) is 5.91 Å². The molecule has 1 N–H and O–H groups in total. The summed E-state index contributed by atoms with van der Waals surface area (Å²) in [6.45, 7) is 4.61. The first-order chi connectivity index (χ1) is 13.1. The topological polar surface area (TPSA) is 61.9 Å². The van der Waals surface area contributed by atoms with Crippen LogP contribution in [0.4, 0.5) is 11.4 Å². The number of nitrogens with one attached hydrogen (secondary N) is 1. The standard InChI is InChI=1S/C21H23N3O3/c1-3-13-24(16-9-5-4-6-10-16)20(25)15-23-14-19(21(26)22-2)27-18-12-8-7-11-17(18)23/h3-12,19H,1,13-15H2,2H3,(H,22,26)/t19-/m1/s1. The van der Waals surface area contributed by atoms with Gasteiger partial charge in [0.15, 0.2) is 6.10 Å². The Morgan fingerprint density at radius 3 is 2.63 bits per heavy atom. The molecule has 6 nitrogen and oxygen atoms in total. The van der Waals surface area contributed by atoms with E-state index in [1.165, 1.54) is 0 Å². The summed E-state index contributed by atoms with van der Waals surface area (Å²) in [5.41, 5.74) is 1.62. The lowest BCUT2D eigenvalue weighted by Crippen LogP contribution is -2.51. The molecule has 1 aliphatic rings. The molecule has 1 atom stereocenters. The van der Waals surface area contributed by atoms with Crippen LogP contribution in [0.2, 0.25) is 0 Å². The molecule has 140 valence electrons. The van der Waals surface area contributed by atoms with E-state index >= 15 is 0 Å². The van der Waals surface area contributed by atoms with Gasteiger partial charge in [-0.05, 0) is 24.3 Å². The van der Waals surface area contributed by atoms with Crippen LogP contribution >= 0.6 is 0 Å². The molecular weight excluding hydrogens is 342 g/mol. The SMILES string of the molecule is C=CCN(C(=O)CN1C[C@H](C(=O)NC)Oc2ccccc21)c1ccccc1. The minimum absolute atomic E-state index is 0.0755. The maximum Gasteiger partial charge on any atom is 0.262 e. The number of ether oxygens (including phenoxy) is 1. The van der Waals surface area contributed by atoms with E-state index in [4.69, 9.17) is 4.74 Å². The molecule has 0 saturated carbocycles. The third-order valence-electron chi connectivity index (χ3n) is 4.41. The highest BCUT2D eigenvalue weighted by atomic mass is 16.5. The first-order valence-electron chi connectivity index (χ1n) is 8.82. The third kappa shape index (κ3) is 4.11. The van der Waals surface area contributed by atoms with Crippen LogP contribution in [0.1, 0.15) is 0 Å². The largest absolute Gasteiger partial charge is 0.477 e. The monoisotopic (exact) mass is 365 g/mol. The van der Waals surface area contributed by atoms with E-state index in [-0.39, 0.29) is 18.4 Å². The molecule has 0 unspecified atom stereocenters. The van der Waals surface area contributed by atoms with Gasteiger partial charge in [-0.1, -0.05) is 36.4 Å². The highest BCUT2D eigenvalue weighted by Crippen LogP contribution is 2.33. The lowest BCUT2D eigenvalue weighted by atomic mass is 10.1. The van der Waals surface area contributed by atoms with Gasteiger partial charge in [0.1, 0.15) is 5.75 Å². The first-order valence-corrected chi connectivity index (χ1v) is 8.82. The average Bonchev–Trinajstić information content (AvgIpc) is 2.71. The summed E-state index contributed by atoms with van der Waals surface area (Å²) in [6.07, 6.45) is 1.04. The fourth-order valence-electron chi connectivity index (χ4n) is 3.09. The number of anilines is 2. The predicted molar refractivity (Wildman–Crippen MR) is 106 cm³/mol. The molecule has 0 fully saturated rings. The highest BCUT2D eigenvalue weighted by Gasteiger charge is 2.31. The van der Waals surface area contributed by atoms with E-state index in [9.17, 15) is 9.59 Å². The maximum absolute atomic E-state index is 13.1. The van der Waals surface area contributed by atoms with E-state index in [2.05, 4.69) is 11.9 Å². The molecule has 0 bridgehead atoms. The smallest absolute Gasteiger partial charge is 0.262 e. The van der Waals surface area contributed by atoms with Gasteiger partial charge in [-0.15, -0.1) is 6.58 Å². The Kier molecular flexibility index (Phi) is 5.76. The average molecular weight is 365 g/mol. The number of likely N-dealkylation sites (N-methyl/N-ethyl adjacent to an activating group) is 1. The molecule has 0 aliphatic carbocycles. The molecule has 1 heterocycles. The number of fused-ring (bicyclic) bond motifs is 1. The van der Waals surface area contributed by atoms with Crippen molar-refractivity contribution in [2.45, 2.75) is 6.10 Å². The lowest BCUT2D eigenvalue weighted by Gasteiger charge is -2.36. The van der Waals surface area contributed by atoms with Crippen LogP contribution in [0.5, 0.6) is 5.75 Å². The van der Waals surface area contributed by atoms with Gasteiger partial charge in [-0.3, -0.25) is 9.59 Å². The molecule has 1 aliphatic heterocycles. The summed E-state index contributed by atoms with van der Waals surface area (Å²) in [5.74, 6) is 0.307. The van der Waals surface area contributed by atoms with Crippen molar-refractivity contribution in [1.82, 2.24) is 5.32 Å². The van der Waals surface area contributed by atoms with Gasteiger partial charge >= 0.3 is 0 Å². The highest BCUT2D eigenvalue weighted by molar-refractivity contribution is 5.97. The second-order valence-corrected chi connectivity index (χ2v) is 6.20. The van der Waals surface area contributed by atoms with Crippen LogP contribution in [-0.4, -0.2) is 44.6 Å². The third-order valence-corrected chi connectivity index (χ3v) is 4.41. The predicted octanol–water partition coefficient (Wildman–Crippen LogP) is 2.22. The van der Waals surface area contributed by atoms with E-state index in [0.717, 1.165) is 11.4 Å². The van der Waals surface area contributed by atoms with Crippen molar-refractivity contribution in [2.24, 2.45) is 0 Å². The zero-order valence-electron chi connectivity index (χ0n) is 15.3. The molecule has 0 spiro atoms. The normalized spacial score (nSPS) is 15.3. The fraction of sp³-hybridized carbons (Fsp3) is 0.238. The Morgan fingerprint density at radius 1 is 1.22 bits per heavy atom. The van der Waals surface area contributed by atoms with Gasteiger partial charge in [-0.2, -0.15) is 0 Å². The number of hydrogen-bond donors (Lipinski definition) is 1. The Bertz CT molecular complexity index is 822. The van der Waals surface area contributed by atoms with Crippen LogP contribution in [0.25, 0.3) is 0 Å². The minimum atomic E-state index is -0.665. The number of carbonyl (C=O) groups is 2. The quantitative estimate of drug-likeness (QED) is 0.798. The van der Waals surface area contributed by atoms with Gasteiger partial charge < -0.3 is 19.9 Å². The summed E-state index contributed by atoms with van der Waals surface area (Å²) in [4.78, 5) is 28.7. The Balaban J connectivity index is 1.84. The number of nitrogens with zero attached hydrogens (tertiary/aromatic N) is 2. The number of rotatable bonds is 6. The first kappa shape index (κ1) is 18.5. The lowest BCUT2D eigenvalue weighted by molar-refractivity contribution is -0.127. The van der Waals surface area contributed by atoms with Gasteiger partial charge in [0.25, 0.3) is 5.91 Å². The van der Waals surface area contributed by atoms with E-state index < -0.39 is 6.10 Å². The Labute approximate surface area is 159 Å². The number of carbonyl (C=O) groups excluding carboxylic acids is 2. The van der Waals surface area contributed by atoms with Gasteiger partial charge in [0, 0.05) is 19.3 Å². The molecule has 2 aromatic carbocycles. The zero-order chi connectivity index (χ0) is 19.2. The van der Waals surface area contributed by atoms with Crippen molar-refractivity contribution in [3.8, 4) is 5.75 Å². The van der Waals surface area contributed by atoms with E-state index in [0.29, 0.717) is 18.8 Å². The van der Waals surface area contributed by atoms with E-state index in [1.807, 2.05) is 53.4 Å². The van der Waals surface area contributed by atoms with Crippen LogP contribution in [0.15, 0.2) is 67.3 Å². The summed E-state index contributed by atoms with van der Waals surface area (Å²) < 4.78 is 5.79. The van der Waals surface area contributed by atoms with Crippen molar-refractivity contribution in [3.05, 3.63) is 67.3 Å². The second-order valence-electron chi connectivity index (χ2n) is 6.20. The summed E-state index contributed by atoms with van der Waals surface area (Å²) in [5, 5.41) is 2.61. The van der Waals surface area contributed by atoms with Crippen LogP contribution in [-0.2, 0) is 9.59 Å². The molecule has 0 aromatic heterocycles. The summed E-state index contributed by atoms with van der Waals surface area (Å²) >= 11 is 0. The number of benzene rings is 2. The molecule has 6 heteroatoms. The van der Waals surface area contributed by atoms with Gasteiger partial charge in [0.05, 0.1) is 18.8 Å². The molecule has 0 radical (unpaired) electrons. The zero-order valence-corrected chi connectivity index (χ0v) is 15.3. The minimum Gasteiger partial charge on any atom is -0.477 e. The number of para-hydroxylation sites is 3. The number of amides is 2. The Hall–Kier alpha value is -3.28. The van der Waals surface area contributed by atoms with Crippen molar-refractivity contribution in [3.63, 3.8) is 0 Å². The summed E-state index contributed by atoms with van der Waals surface area (Å²) in [6, 6.07) is 16.9. The van der Waals surface area contributed by atoms with Crippen LogP contribution < -0.4 is 19.9 Å². The second kappa shape index (κ2) is 8.40. The molecule has 3 rings (SSSR count).